The quantitative estimate of drug-likeness (QED) is 0.840. The van der Waals surface area contributed by atoms with Gasteiger partial charge in [0.25, 0.3) is 0 Å². The van der Waals surface area contributed by atoms with E-state index in [1.54, 1.807) is 12.0 Å². The molecule has 7 nitrogen and oxygen atoms in total. The molecular formula is C19H25N3O4S. The molecule has 2 aromatic rings. The number of benzene rings is 1. The molecule has 1 fully saturated rings. The van der Waals surface area contributed by atoms with Crippen LogP contribution in [0.2, 0.25) is 0 Å². The maximum absolute atomic E-state index is 12.1. The van der Waals surface area contributed by atoms with Gasteiger partial charge in [-0.1, -0.05) is 0 Å². The molecule has 146 valence electrons. The fourth-order valence-corrected chi connectivity index (χ4v) is 3.86. The Balaban J connectivity index is 1.67. The van der Waals surface area contributed by atoms with Gasteiger partial charge in [0.05, 0.1) is 19.9 Å². The highest BCUT2D eigenvalue weighted by atomic mass is 32.2. The Morgan fingerprint density at radius 2 is 1.96 bits per heavy atom. The van der Waals surface area contributed by atoms with Crippen LogP contribution in [0.4, 0.5) is 0 Å². The molecule has 0 bridgehead atoms. The highest BCUT2D eigenvalue weighted by molar-refractivity contribution is 7.88. The van der Waals surface area contributed by atoms with Crippen molar-refractivity contribution in [2.75, 3.05) is 33.0 Å². The van der Waals surface area contributed by atoms with Crippen LogP contribution in [0, 0.1) is 6.92 Å². The van der Waals surface area contributed by atoms with Gasteiger partial charge in [0.15, 0.2) is 0 Å². The smallest absolute Gasteiger partial charge is 0.237 e. The molecule has 3 rings (SSSR count). The second kappa shape index (κ2) is 7.82. The SMILES string of the molecule is COc1cc2cc(C3CCN(C(=O)CNS(C)(=O)=O)CC3)ncc2cc1C. The Bertz CT molecular complexity index is 951. The fourth-order valence-electron chi connectivity index (χ4n) is 3.48. The van der Waals surface area contributed by atoms with Crippen LogP contribution >= 0.6 is 0 Å². The van der Waals surface area contributed by atoms with Crippen molar-refractivity contribution in [3.8, 4) is 5.75 Å². The number of fused-ring (bicyclic) bond motifs is 1. The van der Waals surface area contributed by atoms with E-state index in [-0.39, 0.29) is 18.4 Å². The van der Waals surface area contributed by atoms with E-state index in [2.05, 4.69) is 21.8 Å². The number of aryl methyl sites for hydroxylation is 1. The predicted molar refractivity (Wildman–Crippen MR) is 104 cm³/mol. The number of aromatic nitrogens is 1. The van der Waals surface area contributed by atoms with Crippen LogP contribution in [0.25, 0.3) is 10.8 Å². The van der Waals surface area contributed by atoms with Crippen LogP contribution in [0.15, 0.2) is 24.4 Å². The number of hydrogen-bond acceptors (Lipinski definition) is 5. The van der Waals surface area contributed by atoms with Gasteiger partial charge in [0.2, 0.25) is 15.9 Å². The van der Waals surface area contributed by atoms with Crippen molar-refractivity contribution < 1.29 is 17.9 Å². The average molecular weight is 391 g/mol. The van der Waals surface area contributed by atoms with Gasteiger partial charge in [-0.3, -0.25) is 9.78 Å². The lowest BCUT2D eigenvalue weighted by molar-refractivity contribution is -0.130. The van der Waals surface area contributed by atoms with Crippen LogP contribution in [0.1, 0.15) is 30.0 Å². The molecule has 1 saturated heterocycles. The summed E-state index contributed by atoms with van der Waals surface area (Å²) in [5.74, 6) is 0.956. The number of sulfonamides is 1. The summed E-state index contributed by atoms with van der Waals surface area (Å²) >= 11 is 0. The van der Waals surface area contributed by atoms with Gasteiger partial charge < -0.3 is 9.64 Å². The molecule has 0 unspecified atom stereocenters. The molecule has 0 saturated carbocycles. The van der Waals surface area contributed by atoms with Crippen LogP contribution in [-0.2, 0) is 14.8 Å². The van der Waals surface area contributed by atoms with E-state index in [4.69, 9.17) is 4.74 Å². The number of amides is 1. The van der Waals surface area contributed by atoms with E-state index in [0.717, 1.165) is 46.9 Å². The third-order valence-corrected chi connectivity index (χ3v) is 5.68. The maximum Gasteiger partial charge on any atom is 0.237 e. The first-order chi connectivity index (χ1) is 12.8. The minimum absolute atomic E-state index is 0.184. The lowest BCUT2D eigenvalue weighted by atomic mass is 9.92. The lowest BCUT2D eigenvalue weighted by Crippen LogP contribution is -2.43. The van der Waals surface area contributed by atoms with Crippen LogP contribution in [-0.4, -0.2) is 57.2 Å². The van der Waals surface area contributed by atoms with Crippen molar-refractivity contribution in [3.63, 3.8) is 0 Å². The van der Waals surface area contributed by atoms with Crippen molar-refractivity contribution >= 4 is 26.7 Å². The van der Waals surface area contributed by atoms with Crippen LogP contribution < -0.4 is 9.46 Å². The third kappa shape index (κ3) is 4.75. The maximum atomic E-state index is 12.1. The zero-order chi connectivity index (χ0) is 19.6. The largest absolute Gasteiger partial charge is 0.496 e. The Morgan fingerprint density at radius 3 is 2.59 bits per heavy atom. The second-order valence-electron chi connectivity index (χ2n) is 7.03. The van der Waals surface area contributed by atoms with Crippen molar-refractivity contribution in [2.24, 2.45) is 0 Å². The zero-order valence-corrected chi connectivity index (χ0v) is 16.7. The normalized spacial score (nSPS) is 15.9. The second-order valence-corrected chi connectivity index (χ2v) is 8.86. The standard InChI is InChI=1S/C19H25N3O4S/c1-13-8-16-11-20-17(9-15(16)10-18(13)26-2)14-4-6-22(7-5-14)19(23)12-21-27(3,24)25/h8-11,14,21H,4-7,12H2,1-3H3. The van der Waals surface area contributed by atoms with Gasteiger partial charge in [-0.05, 0) is 48.9 Å². The van der Waals surface area contributed by atoms with Gasteiger partial charge in [0.1, 0.15) is 5.75 Å². The van der Waals surface area contributed by atoms with Gasteiger partial charge in [-0.15, -0.1) is 0 Å². The molecule has 1 amide bonds. The number of piperidine rings is 1. The number of hydrogen-bond donors (Lipinski definition) is 1. The molecule has 1 aliphatic heterocycles. The first-order valence-corrected chi connectivity index (χ1v) is 10.8. The molecule has 1 aromatic carbocycles. The number of carbonyl (C=O) groups is 1. The van der Waals surface area contributed by atoms with E-state index >= 15 is 0 Å². The summed E-state index contributed by atoms with van der Waals surface area (Å²) in [5, 5.41) is 2.18. The predicted octanol–water partition coefficient (Wildman–Crippen LogP) is 1.81. The summed E-state index contributed by atoms with van der Waals surface area (Å²) < 4.78 is 29.9. The number of pyridine rings is 1. The number of carbonyl (C=O) groups excluding carboxylic acids is 1. The highest BCUT2D eigenvalue weighted by Gasteiger charge is 2.25. The summed E-state index contributed by atoms with van der Waals surface area (Å²) in [5.41, 5.74) is 2.10. The Morgan fingerprint density at radius 1 is 1.26 bits per heavy atom. The summed E-state index contributed by atoms with van der Waals surface area (Å²) in [6.07, 6.45) is 4.57. The fraction of sp³-hybridized carbons (Fsp3) is 0.474. The van der Waals surface area contributed by atoms with Gasteiger partial charge in [0, 0.05) is 36.3 Å². The molecule has 8 heteroatoms. The highest BCUT2D eigenvalue weighted by Crippen LogP contribution is 2.31. The Hall–Kier alpha value is -2.19. The number of methoxy groups -OCH3 is 1. The molecule has 1 N–H and O–H groups in total. The summed E-state index contributed by atoms with van der Waals surface area (Å²) in [7, 11) is -1.69. The van der Waals surface area contributed by atoms with Crippen molar-refractivity contribution in [1.29, 1.82) is 0 Å². The van der Waals surface area contributed by atoms with Crippen molar-refractivity contribution in [2.45, 2.75) is 25.7 Å². The van der Waals surface area contributed by atoms with E-state index in [0.29, 0.717) is 13.1 Å². The van der Waals surface area contributed by atoms with E-state index in [1.807, 2.05) is 19.2 Å². The summed E-state index contributed by atoms with van der Waals surface area (Å²) in [6, 6.07) is 6.21. The molecule has 0 aliphatic carbocycles. The first kappa shape index (κ1) is 19.6. The lowest BCUT2D eigenvalue weighted by Gasteiger charge is -2.32. The molecular weight excluding hydrogens is 366 g/mol. The molecule has 2 heterocycles. The van der Waals surface area contributed by atoms with Crippen molar-refractivity contribution in [3.05, 3.63) is 35.7 Å². The Labute approximate surface area is 159 Å². The van der Waals surface area contributed by atoms with Gasteiger partial charge >= 0.3 is 0 Å². The van der Waals surface area contributed by atoms with E-state index in [9.17, 15) is 13.2 Å². The minimum Gasteiger partial charge on any atom is -0.496 e. The van der Waals surface area contributed by atoms with Gasteiger partial charge in [-0.25, -0.2) is 13.1 Å². The topological polar surface area (TPSA) is 88.6 Å². The van der Waals surface area contributed by atoms with E-state index < -0.39 is 10.0 Å². The van der Waals surface area contributed by atoms with Crippen LogP contribution in [0.5, 0.6) is 5.75 Å². The zero-order valence-electron chi connectivity index (χ0n) is 15.9. The number of nitrogens with one attached hydrogen (secondary N) is 1. The average Bonchev–Trinajstić information content (AvgIpc) is 2.64. The number of rotatable bonds is 5. The summed E-state index contributed by atoms with van der Waals surface area (Å²) in [6.45, 7) is 3.03. The number of ether oxygens (including phenoxy) is 1. The Kier molecular flexibility index (Phi) is 5.67. The molecule has 1 aliphatic rings. The molecule has 0 spiro atoms. The minimum atomic E-state index is -3.36. The third-order valence-electron chi connectivity index (χ3n) is 5.01. The van der Waals surface area contributed by atoms with Gasteiger partial charge in [-0.2, -0.15) is 0 Å². The monoisotopic (exact) mass is 391 g/mol. The van der Waals surface area contributed by atoms with E-state index in [1.165, 1.54) is 0 Å². The van der Waals surface area contributed by atoms with Crippen LogP contribution in [0.3, 0.4) is 0 Å². The number of nitrogens with zero attached hydrogens (tertiary/aromatic N) is 2. The number of likely N-dealkylation sites (tertiary alicyclic amines) is 1. The van der Waals surface area contributed by atoms with Crippen molar-refractivity contribution in [1.82, 2.24) is 14.6 Å². The molecule has 0 atom stereocenters. The molecule has 27 heavy (non-hydrogen) atoms. The first-order valence-electron chi connectivity index (χ1n) is 8.93. The molecule has 0 radical (unpaired) electrons. The molecule has 1 aromatic heterocycles. The summed E-state index contributed by atoms with van der Waals surface area (Å²) in [4.78, 5) is 18.5.